The van der Waals surface area contributed by atoms with Crippen LogP contribution >= 0.6 is 0 Å². The number of amides is 1. The molecule has 0 bridgehead atoms. The Bertz CT molecular complexity index is 1050. The zero-order valence-corrected chi connectivity index (χ0v) is 34.2. The van der Waals surface area contributed by atoms with Crippen LogP contribution in [0.3, 0.4) is 0 Å². The number of carbonyl (C=O) groups is 1. The van der Waals surface area contributed by atoms with Gasteiger partial charge in [-0.3, -0.25) is 4.79 Å². The Hall–Kier alpha value is -1.03. The van der Waals surface area contributed by atoms with Gasteiger partial charge in [-0.2, -0.15) is 0 Å². The predicted molar refractivity (Wildman–Crippen MR) is 215 cm³/mol. The molecule has 11 atom stereocenters. The van der Waals surface area contributed by atoms with Gasteiger partial charge in [0.25, 0.3) is 0 Å². The third-order valence-electron chi connectivity index (χ3n) is 14.8. The molecule has 0 aliphatic heterocycles. The molecule has 4 aliphatic rings. The average Bonchev–Trinajstić information content (AvgIpc) is 3.50. The standard InChI is InChI=1S/C44H82N4O4/c1-6-8-9-10-11-12-25-48(41(49)7-2)26-13-17-33(3)36-18-19-37-42-38(32-40(44(36,37)5)52-29-16-24-47)43(4)21-20-35(50-27-14-22-45)30-34(43)31-39(42)51-28-15-23-46/h7,33-40,42H,2,6,8-32,45-47H2,1,3-5H3/t33?,34?,35-,36?,37+,38+,39-,40+,42?,43+,44-/m1/s1. The molecule has 4 saturated carbocycles. The van der Waals surface area contributed by atoms with Crippen LogP contribution in [-0.4, -0.2) is 81.7 Å². The van der Waals surface area contributed by atoms with Gasteiger partial charge in [-0.25, -0.2) is 0 Å². The summed E-state index contributed by atoms with van der Waals surface area (Å²) in [6, 6.07) is 0. The summed E-state index contributed by atoms with van der Waals surface area (Å²) in [7, 11) is 0. The summed E-state index contributed by atoms with van der Waals surface area (Å²) in [5.74, 6) is 3.53. The molecule has 4 fully saturated rings. The first-order valence-electron chi connectivity index (χ1n) is 22.1. The molecule has 6 N–H and O–H groups in total. The van der Waals surface area contributed by atoms with E-state index in [4.69, 9.17) is 31.4 Å². The van der Waals surface area contributed by atoms with Crippen LogP contribution in [0.15, 0.2) is 12.7 Å². The SMILES string of the molecule is C=CC(=O)N(CCCCCCCC)CCCC(C)C1CC[C@H]2C3[C@H](OCCCN)CC4C[C@H](OCCCN)CC[C@]4(C)[C@H]3C[C@H](OCCCN)[C@]12C. The van der Waals surface area contributed by atoms with E-state index in [0.717, 1.165) is 97.1 Å². The van der Waals surface area contributed by atoms with E-state index in [2.05, 4.69) is 39.2 Å². The molecule has 8 nitrogen and oxygen atoms in total. The average molecular weight is 731 g/mol. The van der Waals surface area contributed by atoms with Gasteiger partial charge in [0.1, 0.15) is 0 Å². The number of hydrogen-bond donors (Lipinski definition) is 3. The minimum atomic E-state index is 0.0849. The van der Waals surface area contributed by atoms with Crippen molar-refractivity contribution in [1.82, 2.24) is 4.90 Å². The van der Waals surface area contributed by atoms with Crippen LogP contribution < -0.4 is 17.2 Å². The van der Waals surface area contributed by atoms with E-state index in [-0.39, 0.29) is 28.9 Å². The van der Waals surface area contributed by atoms with Crippen LogP contribution in [-0.2, 0) is 19.0 Å². The Morgan fingerprint density at radius 1 is 0.808 bits per heavy atom. The molecule has 0 aromatic carbocycles. The highest BCUT2D eigenvalue weighted by Crippen LogP contribution is 2.69. The fraction of sp³-hybridized carbons (Fsp3) is 0.932. The molecular weight excluding hydrogens is 649 g/mol. The van der Waals surface area contributed by atoms with Crippen molar-refractivity contribution >= 4 is 5.91 Å². The summed E-state index contributed by atoms with van der Waals surface area (Å²) in [5.41, 5.74) is 18.2. The summed E-state index contributed by atoms with van der Waals surface area (Å²) in [4.78, 5) is 14.9. The fourth-order valence-corrected chi connectivity index (χ4v) is 11.9. The molecule has 1 amide bonds. The van der Waals surface area contributed by atoms with Gasteiger partial charge >= 0.3 is 0 Å². The number of ether oxygens (including phenoxy) is 3. The second-order valence-corrected chi connectivity index (χ2v) is 17.9. The van der Waals surface area contributed by atoms with E-state index in [1.54, 1.807) is 0 Å². The number of nitrogens with two attached hydrogens (primary N) is 3. The minimum Gasteiger partial charge on any atom is -0.378 e. The van der Waals surface area contributed by atoms with Crippen molar-refractivity contribution in [2.24, 2.45) is 63.5 Å². The van der Waals surface area contributed by atoms with Crippen LogP contribution in [0.2, 0.25) is 0 Å². The normalized spacial score (nSPS) is 34.7. The molecule has 0 heterocycles. The molecular formula is C44H82N4O4. The summed E-state index contributed by atoms with van der Waals surface area (Å²) in [5, 5.41) is 0. The van der Waals surface area contributed by atoms with Crippen LogP contribution in [0.25, 0.3) is 0 Å². The van der Waals surface area contributed by atoms with Crippen molar-refractivity contribution in [1.29, 1.82) is 0 Å². The molecule has 4 unspecified atom stereocenters. The Morgan fingerprint density at radius 2 is 1.46 bits per heavy atom. The van der Waals surface area contributed by atoms with Crippen molar-refractivity contribution in [3.8, 4) is 0 Å². The zero-order chi connectivity index (χ0) is 37.6. The Balaban J connectivity index is 1.51. The Labute approximate surface area is 319 Å². The van der Waals surface area contributed by atoms with E-state index < -0.39 is 0 Å². The van der Waals surface area contributed by atoms with Gasteiger partial charge in [-0.05, 0) is 150 Å². The largest absolute Gasteiger partial charge is 0.378 e. The van der Waals surface area contributed by atoms with Gasteiger partial charge in [-0.15, -0.1) is 0 Å². The molecule has 0 aromatic heterocycles. The maximum atomic E-state index is 12.8. The van der Waals surface area contributed by atoms with Crippen molar-refractivity contribution in [2.75, 3.05) is 52.5 Å². The van der Waals surface area contributed by atoms with E-state index in [9.17, 15) is 4.79 Å². The number of hydrogen-bond acceptors (Lipinski definition) is 7. The molecule has 52 heavy (non-hydrogen) atoms. The molecule has 0 aromatic rings. The molecule has 8 heteroatoms. The third-order valence-corrected chi connectivity index (χ3v) is 14.8. The van der Waals surface area contributed by atoms with Gasteiger partial charge in [0, 0.05) is 38.3 Å². The van der Waals surface area contributed by atoms with Crippen LogP contribution in [0.4, 0.5) is 0 Å². The number of rotatable bonds is 25. The van der Waals surface area contributed by atoms with Gasteiger partial charge in [0.05, 0.1) is 18.3 Å². The van der Waals surface area contributed by atoms with Crippen molar-refractivity contribution in [3.63, 3.8) is 0 Å². The highest BCUT2D eigenvalue weighted by atomic mass is 16.5. The first kappa shape index (κ1) is 43.7. The molecule has 4 rings (SSSR count). The van der Waals surface area contributed by atoms with E-state index in [1.807, 2.05) is 0 Å². The number of carbonyl (C=O) groups excluding carboxylic acids is 1. The lowest BCUT2D eigenvalue weighted by Crippen LogP contribution is -2.63. The molecule has 0 saturated heterocycles. The zero-order valence-electron chi connectivity index (χ0n) is 34.2. The van der Waals surface area contributed by atoms with Gasteiger partial charge < -0.3 is 36.3 Å². The lowest BCUT2D eigenvalue weighted by molar-refractivity contribution is -0.227. The summed E-state index contributed by atoms with van der Waals surface area (Å²) in [6.45, 7) is 19.8. The quantitative estimate of drug-likeness (QED) is 0.0645. The van der Waals surface area contributed by atoms with E-state index in [1.165, 1.54) is 57.4 Å². The first-order valence-corrected chi connectivity index (χ1v) is 22.1. The van der Waals surface area contributed by atoms with Crippen molar-refractivity contribution in [2.45, 2.75) is 162 Å². The summed E-state index contributed by atoms with van der Waals surface area (Å²) in [6.07, 6.45) is 22.9. The lowest BCUT2D eigenvalue weighted by Gasteiger charge is -2.65. The van der Waals surface area contributed by atoms with Crippen LogP contribution in [0, 0.1) is 46.3 Å². The van der Waals surface area contributed by atoms with Gasteiger partial charge in [0.15, 0.2) is 0 Å². The highest BCUT2D eigenvalue weighted by Gasteiger charge is 2.66. The van der Waals surface area contributed by atoms with Crippen molar-refractivity contribution < 1.29 is 19.0 Å². The Morgan fingerprint density at radius 3 is 2.15 bits per heavy atom. The van der Waals surface area contributed by atoms with Crippen LogP contribution in [0.1, 0.15) is 143 Å². The highest BCUT2D eigenvalue weighted by molar-refractivity contribution is 5.86. The maximum absolute atomic E-state index is 12.8. The number of unbranched alkanes of at least 4 members (excludes halogenated alkanes) is 5. The minimum absolute atomic E-state index is 0.0849. The summed E-state index contributed by atoms with van der Waals surface area (Å²) < 4.78 is 20.4. The van der Waals surface area contributed by atoms with Crippen molar-refractivity contribution in [3.05, 3.63) is 12.7 Å². The molecule has 0 radical (unpaired) electrons. The lowest BCUT2D eigenvalue weighted by atomic mass is 9.43. The number of fused-ring (bicyclic) bond motifs is 5. The topological polar surface area (TPSA) is 126 Å². The fourth-order valence-electron chi connectivity index (χ4n) is 11.9. The third kappa shape index (κ3) is 10.6. The molecule has 4 aliphatic carbocycles. The smallest absolute Gasteiger partial charge is 0.245 e. The van der Waals surface area contributed by atoms with Crippen LogP contribution in [0.5, 0.6) is 0 Å². The van der Waals surface area contributed by atoms with E-state index in [0.29, 0.717) is 61.2 Å². The van der Waals surface area contributed by atoms with Gasteiger partial charge in [0.2, 0.25) is 5.91 Å². The van der Waals surface area contributed by atoms with E-state index >= 15 is 0 Å². The second-order valence-electron chi connectivity index (χ2n) is 17.9. The second kappa shape index (κ2) is 21.9. The first-order chi connectivity index (χ1) is 25.2. The molecule has 0 spiro atoms. The summed E-state index contributed by atoms with van der Waals surface area (Å²) >= 11 is 0. The number of nitrogens with zero attached hydrogens (tertiary/aromatic N) is 1. The van der Waals surface area contributed by atoms with Gasteiger partial charge in [-0.1, -0.05) is 66.4 Å². The monoisotopic (exact) mass is 731 g/mol. The molecule has 302 valence electrons. The maximum Gasteiger partial charge on any atom is 0.245 e. The predicted octanol–water partition coefficient (Wildman–Crippen LogP) is 7.86. The Kier molecular flexibility index (Phi) is 18.4.